The van der Waals surface area contributed by atoms with Crippen molar-refractivity contribution in [2.24, 2.45) is 5.10 Å². The average molecular weight is 331 g/mol. The molecule has 0 fully saturated rings. The SMILES string of the molecule is O=C1COc2ccc(Cl)cc2C2CC(c3ccccc3F)=NN12. The fourth-order valence-electron chi connectivity index (χ4n) is 2.96. The van der Waals surface area contributed by atoms with Crippen molar-refractivity contribution in [3.63, 3.8) is 0 Å². The van der Waals surface area contributed by atoms with Gasteiger partial charge in [-0.05, 0) is 24.3 Å². The van der Waals surface area contributed by atoms with Gasteiger partial charge in [0.1, 0.15) is 11.6 Å². The van der Waals surface area contributed by atoms with Crippen LogP contribution in [-0.4, -0.2) is 23.2 Å². The standard InChI is InChI=1S/C17H12ClFN2O2/c18-10-5-6-16-12(7-10)15-8-14(11-3-1-2-4-13(11)19)20-21(15)17(22)9-23-16/h1-7,15H,8-9H2. The van der Waals surface area contributed by atoms with E-state index >= 15 is 0 Å². The second kappa shape index (κ2) is 5.35. The van der Waals surface area contributed by atoms with Crippen LogP contribution in [0.1, 0.15) is 23.6 Å². The predicted molar refractivity (Wildman–Crippen MR) is 84.1 cm³/mol. The highest BCUT2D eigenvalue weighted by Crippen LogP contribution is 2.40. The van der Waals surface area contributed by atoms with Crippen molar-refractivity contribution in [1.82, 2.24) is 5.01 Å². The van der Waals surface area contributed by atoms with E-state index < -0.39 is 0 Å². The lowest BCUT2D eigenvalue weighted by atomic mass is 9.97. The molecular weight excluding hydrogens is 319 g/mol. The van der Waals surface area contributed by atoms with Crippen molar-refractivity contribution < 1.29 is 13.9 Å². The van der Waals surface area contributed by atoms with Crippen molar-refractivity contribution in [2.75, 3.05) is 6.61 Å². The zero-order valence-corrected chi connectivity index (χ0v) is 12.8. The van der Waals surface area contributed by atoms with Gasteiger partial charge in [-0.1, -0.05) is 29.8 Å². The van der Waals surface area contributed by atoms with Gasteiger partial charge in [0.15, 0.2) is 6.61 Å². The lowest BCUT2D eigenvalue weighted by Crippen LogP contribution is -2.28. The average Bonchev–Trinajstić information content (AvgIpc) is 2.94. The maximum absolute atomic E-state index is 14.0. The van der Waals surface area contributed by atoms with Gasteiger partial charge in [0.05, 0.1) is 11.8 Å². The molecule has 4 rings (SSSR count). The number of hydrogen-bond donors (Lipinski definition) is 0. The summed E-state index contributed by atoms with van der Waals surface area (Å²) in [7, 11) is 0. The fourth-order valence-corrected chi connectivity index (χ4v) is 3.14. The number of hydrogen-bond acceptors (Lipinski definition) is 3. The van der Waals surface area contributed by atoms with Gasteiger partial charge in [-0.3, -0.25) is 4.79 Å². The Hall–Kier alpha value is -2.40. The predicted octanol–water partition coefficient (Wildman–Crippen LogP) is 3.55. The Morgan fingerprint density at radius 3 is 2.91 bits per heavy atom. The van der Waals surface area contributed by atoms with E-state index in [1.54, 1.807) is 36.4 Å². The first-order chi connectivity index (χ1) is 11.1. The molecule has 0 saturated carbocycles. The van der Waals surface area contributed by atoms with Crippen molar-refractivity contribution in [2.45, 2.75) is 12.5 Å². The molecule has 0 bridgehead atoms. The van der Waals surface area contributed by atoms with E-state index in [4.69, 9.17) is 16.3 Å². The minimum Gasteiger partial charge on any atom is -0.483 e. The number of fused-ring (bicyclic) bond motifs is 3. The molecule has 1 amide bonds. The van der Waals surface area contributed by atoms with Crippen molar-refractivity contribution in [1.29, 1.82) is 0 Å². The molecule has 0 radical (unpaired) electrons. The Balaban J connectivity index is 1.79. The monoisotopic (exact) mass is 330 g/mol. The van der Waals surface area contributed by atoms with Gasteiger partial charge in [-0.25, -0.2) is 9.40 Å². The summed E-state index contributed by atoms with van der Waals surface area (Å²) in [6.45, 7) is -0.0980. The van der Waals surface area contributed by atoms with Gasteiger partial charge in [0.2, 0.25) is 0 Å². The van der Waals surface area contributed by atoms with Gasteiger partial charge in [-0.15, -0.1) is 0 Å². The van der Waals surface area contributed by atoms with Crippen LogP contribution in [0, 0.1) is 5.82 Å². The maximum Gasteiger partial charge on any atom is 0.281 e. The first kappa shape index (κ1) is 14.2. The Morgan fingerprint density at radius 1 is 1.26 bits per heavy atom. The van der Waals surface area contributed by atoms with E-state index in [0.717, 1.165) is 5.56 Å². The molecule has 23 heavy (non-hydrogen) atoms. The molecule has 0 aromatic heterocycles. The molecule has 1 unspecified atom stereocenters. The summed E-state index contributed by atoms with van der Waals surface area (Å²) in [5.41, 5.74) is 1.76. The van der Waals surface area contributed by atoms with Crippen LogP contribution in [-0.2, 0) is 4.79 Å². The number of carbonyl (C=O) groups is 1. The normalized spacial score (nSPS) is 19.6. The Kier molecular flexibility index (Phi) is 3.31. The third kappa shape index (κ3) is 2.37. The van der Waals surface area contributed by atoms with E-state index in [9.17, 15) is 9.18 Å². The number of amides is 1. The third-order valence-electron chi connectivity index (χ3n) is 4.03. The van der Waals surface area contributed by atoms with Crippen LogP contribution >= 0.6 is 11.6 Å². The second-order valence-corrected chi connectivity index (χ2v) is 5.89. The Bertz CT molecular complexity index is 837. The first-order valence-corrected chi connectivity index (χ1v) is 7.58. The lowest BCUT2D eigenvalue weighted by molar-refractivity contribution is -0.134. The maximum atomic E-state index is 14.0. The van der Waals surface area contributed by atoms with Gasteiger partial charge in [0, 0.05) is 22.6 Å². The largest absolute Gasteiger partial charge is 0.483 e. The Morgan fingerprint density at radius 2 is 2.09 bits per heavy atom. The van der Waals surface area contributed by atoms with E-state index in [0.29, 0.717) is 28.5 Å². The zero-order valence-electron chi connectivity index (χ0n) is 12.0. The lowest BCUT2D eigenvalue weighted by Gasteiger charge is -2.18. The molecule has 0 spiro atoms. The number of nitrogens with zero attached hydrogens (tertiary/aromatic N) is 2. The summed E-state index contributed by atoms with van der Waals surface area (Å²) < 4.78 is 19.6. The third-order valence-corrected chi connectivity index (χ3v) is 4.27. The quantitative estimate of drug-likeness (QED) is 0.802. The number of hydrazone groups is 1. The summed E-state index contributed by atoms with van der Waals surface area (Å²) in [5, 5.41) is 6.28. The zero-order chi connectivity index (χ0) is 16.0. The summed E-state index contributed by atoms with van der Waals surface area (Å²) in [6, 6.07) is 11.3. The molecule has 2 aromatic rings. The first-order valence-electron chi connectivity index (χ1n) is 7.20. The molecule has 2 heterocycles. The smallest absolute Gasteiger partial charge is 0.281 e. The molecule has 1 atom stereocenters. The van der Waals surface area contributed by atoms with Gasteiger partial charge in [-0.2, -0.15) is 5.10 Å². The van der Waals surface area contributed by atoms with Crippen molar-refractivity contribution >= 4 is 23.2 Å². The van der Waals surface area contributed by atoms with E-state index in [1.807, 2.05) is 0 Å². The van der Waals surface area contributed by atoms with Gasteiger partial charge >= 0.3 is 0 Å². The minimum atomic E-state index is -0.348. The Labute approximate surface area is 137 Å². The van der Waals surface area contributed by atoms with Gasteiger partial charge in [0.25, 0.3) is 5.91 Å². The highest BCUT2D eigenvalue weighted by Gasteiger charge is 2.37. The summed E-state index contributed by atoms with van der Waals surface area (Å²) >= 11 is 6.08. The topological polar surface area (TPSA) is 41.9 Å². The van der Waals surface area contributed by atoms with Gasteiger partial charge < -0.3 is 4.74 Å². The molecule has 2 aromatic carbocycles. The highest BCUT2D eigenvalue weighted by molar-refractivity contribution is 6.30. The molecule has 0 N–H and O–H groups in total. The molecule has 116 valence electrons. The molecule has 2 aliphatic rings. The summed E-state index contributed by atoms with van der Waals surface area (Å²) in [5.74, 6) is 0.00724. The van der Waals surface area contributed by atoms with Crippen LogP contribution in [0.2, 0.25) is 5.02 Å². The summed E-state index contributed by atoms with van der Waals surface area (Å²) in [4.78, 5) is 12.3. The van der Waals surface area contributed by atoms with Crippen LogP contribution in [0.4, 0.5) is 4.39 Å². The fraction of sp³-hybridized carbons (Fsp3) is 0.176. The van der Waals surface area contributed by atoms with Crippen LogP contribution in [0.3, 0.4) is 0 Å². The minimum absolute atomic E-state index is 0.0980. The number of carbonyl (C=O) groups excluding carboxylic acids is 1. The molecular formula is C17H12ClFN2O2. The van der Waals surface area contributed by atoms with Crippen molar-refractivity contribution in [3.05, 3.63) is 64.4 Å². The van der Waals surface area contributed by atoms with E-state index in [2.05, 4.69) is 5.10 Å². The van der Waals surface area contributed by atoms with Crippen LogP contribution in [0.25, 0.3) is 0 Å². The van der Waals surface area contributed by atoms with E-state index in [1.165, 1.54) is 11.1 Å². The van der Waals surface area contributed by atoms with Crippen LogP contribution in [0.15, 0.2) is 47.6 Å². The molecule has 2 aliphatic heterocycles. The molecule has 0 saturated heterocycles. The number of halogens is 2. The molecule has 0 aliphatic carbocycles. The molecule has 6 heteroatoms. The number of ether oxygens (including phenoxy) is 1. The molecule has 4 nitrogen and oxygen atoms in total. The van der Waals surface area contributed by atoms with E-state index in [-0.39, 0.29) is 24.4 Å². The second-order valence-electron chi connectivity index (χ2n) is 5.46. The van der Waals surface area contributed by atoms with Crippen molar-refractivity contribution in [3.8, 4) is 5.75 Å². The summed E-state index contributed by atoms with van der Waals surface area (Å²) in [6.07, 6.45) is 0.420. The number of rotatable bonds is 1. The van der Waals surface area contributed by atoms with Crippen LogP contribution in [0.5, 0.6) is 5.75 Å². The highest BCUT2D eigenvalue weighted by atomic mass is 35.5. The van der Waals surface area contributed by atoms with Crippen LogP contribution < -0.4 is 4.74 Å². The number of benzene rings is 2.